The first-order valence-corrected chi connectivity index (χ1v) is 16.7. The van der Waals surface area contributed by atoms with E-state index in [4.69, 9.17) is 0 Å². The smallest absolute Gasteiger partial charge is 0.0129 e. The molecule has 37 heavy (non-hydrogen) atoms. The monoisotopic (exact) mass is 519 g/mol. The Morgan fingerprint density at radius 3 is 0.973 bits per heavy atom. The van der Waals surface area contributed by atoms with Crippen molar-refractivity contribution in [1.29, 1.82) is 0 Å². The van der Waals surface area contributed by atoms with E-state index in [0.717, 1.165) is 59.2 Å². The third-order valence-electron chi connectivity index (χ3n) is 10.5. The number of hydrogen-bond acceptors (Lipinski definition) is 2. The molecule has 4 unspecified atom stereocenters. The van der Waals surface area contributed by atoms with E-state index in [9.17, 15) is 0 Å². The van der Waals surface area contributed by atoms with Crippen molar-refractivity contribution in [3.05, 3.63) is 0 Å². The molecule has 2 heteroatoms. The molecule has 0 aromatic heterocycles. The molecule has 2 rings (SSSR count). The average Bonchev–Trinajstić information content (AvgIpc) is 2.79. The van der Waals surface area contributed by atoms with Crippen LogP contribution in [0.4, 0.5) is 0 Å². The van der Waals surface area contributed by atoms with Crippen LogP contribution < -0.4 is 10.6 Å². The summed E-state index contributed by atoms with van der Waals surface area (Å²) in [7, 11) is 0. The SMILES string of the molecule is CC(C)CC(CNC1C(C(C)C)CCCC1C(C)C)(CNC1C(C(C)C)CCCC1C(C)C)CC(C)C. The van der Waals surface area contributed by atoms with Gasteiger partial charge < -0.3 is 10.6 Å². The molecule has 2 saturated carbocycles. The van der Waals surface area contributed by atoms with Crippen LogP contribution in [-0.2, 0) is 0 Å². The molecule has 2 aliphatic rings. The van der Waals surface area contributed by atoms with E-state index in [1.165, 1.54) is 64.5 Å². The van der Waals surface area contributed by atoms with Crippen LogP contribution in [0.15, 0.2) is 0 Å². The summed E-state index contributed by atoms with van der Waals surface area (Å²) in [5.41, 5.74) is 0.323. The highest BCUT2D eigenvalue weighted by molar-refractivity contribution is 4.97. The lowest BCUT2D eigenvalue weighted by atomic mass is 9.66. The fourth-order valence-electron chi connectivity index (χ4n) is 8.96. The summed E-state index contributed by atoms with van der Waals surface area (Å²) in [4.78, 5) is 0. The lowest BCUT2D eigenvalue weighted by Gasteiger charge is -2.48. The zero-order chi connectivity index (χ0) is 27.9. The van der Waals surface area contributed by atoms with Gasteiger partial charge in [-0.1, -0.05) is 95.9 Å². The number of hydrogen-bond donors (Lipinski definition) is 2. The molecule has 0 bridgehead atoms. The van der Waals surface area contributed by atoms with Gasteiger partial charge in [0.1, 0.15) is 0 Å². The third-order valence-corrected chi connectivity index (χ3v) is 10.5. The van der Waals surface area contributed by atoms with Crippen LogP contribution in [0.1, 0.15) is 134 Å². The minimum absolute atomic E-state index is 0.323. The summed E-state index contributed by atoms with van der Waals surface area (Å²) in [5.74, 6) is 7.79. The normalized spacial score (nSPS) is 30.0. The molecule has 0 radical (unpaired) electrons. The second-order valence-electron chi connectivity index (χ2n) is 16.0. The molecule has 2 nitrogen and oxygen atoms in total. The first-order chi connectivity index (χ1) is 17.3. The molecule has 2 N–H and O–H groups in total. The third kappa shape index (κ3) is 9.51. The maximum atomic E-state index is 4.35. The fourth-order valence-corrected chi connectivity index (χ4v) is 8.96. The molecule has 4 atom stereocenters. The van der Waals surface area contributed by atoms with Crippen LogP contribution >= 0.6 is 0 Å². The highest BCUT2D eigenvalue weighted by Gasteiger charge is 2.41. The predicted octanol–water partition coefficient (Wildman–Crippen LogP) is 9.44. The molecule has 0 amide bonds. The molecule has 0 aliphatic heterocycles. The van der Waals surface area contributed by atoms with Crippen LogP contribution in [0.25, 0.3) is 0 Å². The zero-order valence-corrected chi connectivity index (χ0v) is 27.5. The molecule has 220 valence electrons. The van der Waals surface area contributed by atoms with E-state index >= 15 is 0 Å². The minimum atomic E-state index is 0.323. The second kappa shape index (κ2) is 15.1. The fraction of sp³-hybridized carbons (Fsp3) is 1.00. The zero-order valence-electron chi connectivity index (χ0n) is 27.5. The quantitative estimate of drug-likeness (QED) is 0.239. The van der Waals surface area contributed by atoms with Crippen molar-refractivity contribution in [1.82, 2.24) is 10.6 Å². The average molecular weight is 519 g/mol. The molecule has 0 aromatic rings. The Bertz CT molecular complexity index is 533. The van der Waals surface area contributed by atoms with E-state index in [2.05, 4.69) is 93.7 Å². The lowest BCUT2D eigenvalue weighted by Crippen LogP contribution is -2.56. The number of rotatable bonds is 14. The van der Waals surface area contributed by atoms with E-state index in [-0.39, 0.29) is 0 Å². The molecule has 0 spiro atoms. The lowest BCUT2D eigenvalue weighted by molar-refractivity contribution is 0.0684. The molecule has 2 aliphatic carbocycles. The summed E-state index contributed by atoms with van der Waals surface area (Å²) in [5, 5.41) is 8.70. The van der Waals surface area contributed by atoms with Gasteiger partial charge in [0.25, 0.3) is 0 Å². The Morgan fingerprint density at radius 1 is 0.486 bits per heavy atom. The van der Waals surface area contributed by atoms with Crippen molar-refractivity contribution in [3.8, 4) is 0 Å². The van der Waals surface area contributed by atoms with Crippen LogP contribution in [0, 0.1) is 64.6 Å². The Balaban J connectivity index is 2.33. The van der Waals surface area contributed by atoms with Crippen molar-refractivity contribution in [3.63, 3.8) is 0 Å². The predicted molar refractivity (Wildman–Crippen MR) is 166 cm³/mol. The first-order valence-electron chi connectivity index (χ1n) is 16.7. The Kier molecular flexibility index (Phi) is 13.5. The summed E-state index contributed by atoms with van der Waals surface area (Å²) in [6.45, 7) is 32.0. The van der Waals surface area contributed by atoms with Gasteiger partial charge in [-0.05, 0) is 103 Å². The van der Waals surface area contributed by atoms with Gasteiger partial charge in [0.2, 0.25) is 0 Å². The van der Waals surface area contributed by atoms with Gasteiger partial charge in [-0.2, -0.15) is 0 Å². The van der Waals surface area contributed by atoms with Gasteiger partial charge in [-0.25, -0.2) is 0 Å². The van der Waals surface area contributed by atoms with E-state index < -0.39 is 0 Å². The van der Waals surface area contributed by atoms with E-state index in [1.54, 1.807) is 0 Å². The van der Waals surface area contributed by atoms with Gasteiger partial charge in [0, 0.05) is 25.2 Å². The van der Waals surface area contributed by atoms with Crippen LogP contribution in [0.3, 0.4) is 0 Å². The molecule has 0 saturated heterocycles. The van der Waals surface area contributed by atoms with Crippen LogP contribution in [0.5, 0.6) is 0 Å². The van der Waals surface area contributed by atoms with Gasteiger partial charge in [0.05, 0.1) is 0 Å². The maximum Gasteiger partial charge on any atom is 0.0129 e. The number of nitrogens with one attached hydrogen (secondary N) is 2. The molecular weight excluding hydrogens is 448 g/mol. The summed E-state index contributed by atoms with van der Waals surface area (Å²) < 4.78 is 0. The standard InChI is InChI=1S/C35H70N2/c1-23(2)19-35(20-24(3)4,21-36-33-29(25(5)6)15-13-16-30(33)26(7)8)22-37-34-31(27(9)10)17-14-18-32(34)28(11)12/h23-34,36-37H,13-22H2,1-12H3. The highest BCUT2D eigenvalue weighted by atomic mass is 15.0. The summed E-state index contributed by atoms with van der Waals surface area (Å²) in [6.07, 6.45) is 11.1. The molecule has 0 aromatic carbocycles. The Labute approximate surface area is 234 Å². The highest BCUT2D eigenvalue weighted by Crippen LogP contribution is 2.41. The van der Waals surface area contributed by atoms with Crippen molar-refractivity contribution < 1.29 is 0 Å². The first kappa shape index (κ1) is 33.1. The molecule has 2 fully saturated rings. The van der Waals surface area contributed by atoms with Gasteiger partial charge in [-0.15, -0.1) is 0 Å². The van der Waals surface area contributed by atoms with Crippen molar-refractivity contribution in [2.75, 3.05) is 13.1 Å². The largest absolute Gasteiger partial charge is 0.313 e. The van der Waals surface area contributed by atoms with Crippen molar-refractivity contribution >= 4 is 0 Å². The maximum absolute atomic E-state index is 4.35. The summed E-state index contributed by atoms with van der Waals surface area (Å²) in [6, 6.07) is 1.35. The Morgan fingerprint density at radius 2 is 0.757 bits per heavy atom. The summed E-state index contributed by atoms with van der Waals surface area (Å²) >= 11 is 0. The van der Waals surface area contributed by atoms with Gasteiger partial charge in [-0.3, -0.25) is 0 Å². The van der Waals surface area contributed by atoms with Crippen molar-refractivity contribution in [2.45, 2.75) is 147 Å². The second-order valence-corrected chi connectivity index (χ2v) is 16.0. The topological polar surface area (TPSA) is 24.1 Å². The van der Waals surface area contributed by atoms with Crippen molar-refractivity contribution in [2.24, 2.45) is 64.6 Å². The molecular formula is C35H70N2. The van der Waals surface area contributed by atoms with Gasteiger partial charge >= 0.3 is 0 Å². The minimum Gasteiger partial charge on any atom is -0.313 e. The van der Waals surface area contributed by atoms with Crippen LogP contribution in [0.2, 0.25) is 0 Å². The van der Waals surface area contributed by atoms with Crippen LogP contribution in [-0.4, -0.2) is 25.2 Å². The van der Waals surface area contributed by atoms with E-state index in [1.807, 2.05) is 0 Å². The van der Waals surface area contributed by atoms with Gasteiger partial charge in [0.15, 0.2) is 0 Å². The molecule has 0 heterocycles. The van der Waals surface area contributed by atoms with E-state index in [0.29, 0.717) is 17.5 Å². The Hall–Kier alpha value is -0.0800.